The molecule has 1 aromatic carbocycles. The molecule has 0 spiro atoms. The summed E-state index contributed by atoms with van der Waals surface area (Å²) in [4.78, 5) is 20.8. The first kappa shape index (κ1) is 16.6. The molecule has 0 unspecified atom stereocenters. The monoisotopic (exact) mass is 328 g/mol. The largest absolute Gasteiger partial charge is 0.342 e. The van der Waals surface area contributed by atoms with Gasteiger partial charge in [0, 0.05) is 25.6 Å². The number of benzene rings is 1. The topological polar surface area (TPSA) is 62.5 Å². The Morgan fingerprint density at radius 1 is 1.29 bits per heavy atom. The number of nitrogens with zero attached hydrogens (tertiary/aromatic N) is 4. The Balaban J connectivity index is 1.46. The highest BCUT2D eigenvalue weighted by Gasteiger charge is 2.27. The van der Waals surface area contributed by atoms with Gasteiger partial charge >= 0.3 is 0 Å². The number of carbonyl (C=O) groups excluding carboxylic acids is 1. The van der Waals surface area contributed by atoms with E-state index in [2.05, 4.69) is 27.2 Å². The van der Waals surface area contributed by atoms with E-state index in [0.29, 0.717) is 18.3 Å². The smallest absolute Gasteiger partial charge is 0.236 e. The maximum absolute atomic E-state index is 12.5. The molecule has 1 aliphatic heterocycles. The standard InChI is InChI=1S/C18H24N4O2/c1-14-19-18(24-20-14)16-8-10-22(11-9-16)17(23)13-21(2)12-15-6-4-3-5-7-15/h3-7,16H,8-13H2,1-2H3. The first-order valence-corrected chi connectivity index (χ1v) is 8.42. The Bertz CT molecular complexity index is 663. The van der Waals surface area contributed by atoms with Gasteiger partial charge in [0.1, 0.15) is 0 Å². The second-order valence-corrected chi connectivity index (χ2v) is 6.49. The van der Waals surface area contributed by atoms with Gasteiger partial charge in [-0.3, -0.25) is 9.69 Å². The average molecular weight is 328 g/mol. The summed E-state index contributed by atoms with van der Waals surface area (Å²) in [5, 5.41) is 3.85. The Labute approximate surface area is 142 Å². The molecule has 6 nitrogen and oxygen atoms in total. The molecule has 0 saturated carbocycles. The number of amides is 1. The molecular weight excluding hydrogens is 304 g/mol. The van der Waals surface area contributed by atoms with Gasteiger partial charge in [-0.1, -0.05) is 35.5 Å². The highest BCUT2D eigenvalue weighted by molar-refractivity contribution is 5.78. The molecule has 2 aromatic rings. The second-order valence-electron chi connectivity index (χ2n) is 6.49. The molecule has 2 heterocycles. The minimum atomic E-state index is 0.189. The van der Waals surface area contributed by atoms with E-state index in [0.717, 1.165) is 32.5 Å². The summed E-state index contributed by atoms with van der Waals surface area (Å²) in [6.07, 6.45) is 1.77. The van der Waals surface area contributed by atoms with E-state index in [9.17, 15) is 4.79 Å². The molecule has 0 aliphatic carbocycles. The van der Waals surface area contributed by atoms with Crippen LogP contribution in [0.2, 0.25) is 0 Å². The summed E-state index contributed by atoms with van der Waals surface area (Å²) in [6.45, 7) is 4.56. The van der Waals surface area contributed by atoms with Crippen molar-refractivity contribution in [3.05, 3.63) is 47.6 Å². The van der Waals surface area contributed by atoms with Gasteiger partial charge in [-0.05, 0) is 32.4 Å². The molecule has 3 rings (SSSR count). The van der Waals surface area contributed by atoms with Crippen molar-refractivity contribution in [1.29, 1.82) is 0 Å². The van der Waals surface area contributed by atoms with Crippen molar-refractivity contribution in [1.82, 2.24) is 19.9 Å². The fourth-order valence-electron chi connectivity index (χ4n) is 3.14. The lowest BCUT2D eigenvalue weighted by Gasteiger charge is -2.31. The van der Waals surface area contributed by atoms with Crippen LogP contribution in [-0.2, 0) is 11.3 Å². The van der Waals surface area contributed by atoms with Crippen LogP contribution in [-0.4, -0.2) is 52.5 Å². The Morgan fingerprint density at radius 2 is 2.00 bits per heavy atom. The van der Waals surface area contributed by atoms with E-state index in [4.69, 9.17) is 4.52 Å². The van der Waals surface area contributed by atoms with Gasteiger partial charge in [0.05, 0.1) is 6.54 Å². The number of hydrogen-bond donors (Lipinski definition) is 0. The molecule has 1 aliphatic rings. The molecular formula is C18H24N4O2. The highest BCUT2D eigenvalue weighted by Crippen LogP contribution is 2.26. The molecule has 0 N–H and O–H groups in total. The van der Waals surface area contributed by atoms with Gasteiger partial charge < -0.3 is 9.42 Å². The number of piperidine rings is 1. The zero-order valence-corrected chi connectivity index (χ0v) is 14.3. The van der Waals surface area contributed by atoms with Gasteiger partial charge in [0.2, 0.25) is 11.8 Å². The lowest BCUT2D eigenvalue weighted by molar-refractivity contribution is -0.133. The van der Waals surface area contributed by atoms with Crippen LogP contribution < -0.4 is 0 Å². The summed E-state index contributed by atoms with van der Waals surface area (Å²) in [6, 6.07) is 10.2. The first-order valence-electron chi connectivity index (χ1n) is 8.42. The minimum absolute atomic E-state index is 0.189. The fourth-order valence-corrected chi connectivity index (χ4v) is 3.14. The molecule has 1 amide bonds. The quantitative estimate of drug-likeness (QED) is 0.842. The number of likely N-dealkylation sites (N-methyl/N-ethyl adjacent to an activating group) is 1. The Kier molecular flexibility index (Phi) is 5.25. The van der Waals surface area contributed by atoms with Crippen molar-refractivity contribution in [3.8, 4) is 0 Å². The van der Waals surface area contributed by atoms with Crippen LogP contribution in [0, 0.1) is 6.92 Å². The fraction of sp³-hybridized carbons (Fsp3) is 0.500. The summed E-state index contributed by atoms with van der Waals surface area (Å²) in [5.74, 6) is 1.85. The third-order valence-corrected chi connectivity index (χ3v) is 4.44. The van der Waals surface area contributed by atoms with Crippen molar-refractivity contribution >= 4 is 5.91 Å². The molecule has 6 heteroatoms. The van der Waals surface area contributed by atoms with E-state index in [-0.39, 0.29) is 11.8 Å². The molecule has 1 saturated heterocycles. The molecule has 128 valence electrons. The molecule has 1 fully saturated rings. The highest BCUT2D eigenvalue weighted by atomic mass is 16.5. The third kappa shape index (κ3) is 4.20. The summed E-state index contributed by atoms with van der Waals surface area (Å²) in [5.41, 5.74) is 1.22. The van der Waals surface area contributed by atoms with Crippen LogP contribution in [0.3, 0.4) is 0 Å². The van der Waals surface area contributed by atoms with E-state index < -0.39 is 0 Å². The Hall–Kier alpha value is -2.21. The summed E-state index contributed by atoms with van der Waals surface area (Å²) in [7, 11) is 1.98. The van der Waals surface area contributed by atoms with Crippen LogP contribution in [0.15, 0.2) is 34.9 Å². The molecule has 0 atom stereocenters. The number of aryl methyl sites for hydroxylation is 1. The number of rotatable bonds is 5. The SMILES string of the molecule is Cc1noc(C2CCN(C(=O)CN(C)Cc3ccccc3)CC2)n1. The predicted octanol–water partition coefficient (Wildman–Crippen LogP) is 2.22. The predicted molar refractivity (Wildman–Crippen MR) is 90.4 cm³/mol. The Morgan fingerprint density at radius 3 is 2.62 bits per heavy atom. The van der Waals surface area contributed by atoms with Gasteiger partial charge in [0.15, 0.2) is 5.82 Å². The van der Waals surface area contributed by atoms with Crippen LogP contribution >= 0.6 is 0 Å². The molecule has 0 radical (unpaired) electrons. The lowest BCUT2D eigenvalue weighted by Crippen LogP contribution is -2.42. The maximum atomic E-state index is 12.5. The van der Waals surface area contributed by atoms with Crippen molar-refractivity contribution < 1.29 is 9.32 Å². The van der Waals surface area contributed by atoms with E-state index in [1.54, 1.807) is 0 Å². The maximum Gasteiger partial charge on any atom is 0.236 e. The van der Waals surface area contributed by atoms with Gasteiger partial charge in [-0.25, -0.2) is 0 Å². The molecule has 0 bridgehead atoms. The lowest BCUT2D eigenvalue weighted by atomic mass is 9.96. The summed E-state index contributed by atoms with van der Waals surface area (Å²) < 4.78 is 5.26. The number of hydrogen-bond acceptors (Lipinski definition) is 5. The van der Waals surface area contributed by atoms with Gasteiger partial charge in [0.25, 0.3) is 0 Å². The van der Waals surface area contributed by atoms with Crippen LogP contribution in [0.25, 0.3) is 0 Å². The van der Waals surface area contributed by atoms with E-state index in [1.165, 1.54) is 5.56 Å². The number of aromatic nitrogens is 2. The number of carbonyl (C=O) groups is 1. The summed E-state index contributed by atoms with van der Waals surface area (Å²) >= 11 is 0. The van der Waals surface area contributed by atoms with Crippen molar-refractivity contribution in [2.24, 2.45) is 0 Å². The van der Waals surface area contributed by atoms with Gasteiger partial charge in [-0.2, -0.15) is 4.98 Å². The zero-order chi connectivity index (χ0) is 16.9. The van der Waals surface area contributed by atoms with Crippen molar-refractivity contribution in [3.63, 3.8) is 0 Å². The van der Waals surface area contributed by atoms with Crippen LogP contribution in [0.5, 0.6) is 0 Å². The van der Waals surface area contributed by atoms with Crippen LogP contribution in [0.4, 0.5) is 0 Å². The number of likely N-dealkylation sites (tertiary alicyclic amines) is 1. The normalized spacial score (nSPS) is 15.9. The van der Waals surface area contributed by atoms with Crippen molar-refractivity contribution in [2.75, 3.05) is 26.7 Å². The van der Waals surface area contributed by atoms with E-state index in [1.807, 2.05) is 37.1 Å². The minimum Gasteiger partial charge on any atom is -0.342 e. The third-order valence-electron chi connectivity index (χ3n) is 4.44. The van der Waals surface area contributed by atoms with Crippen molar-refractivity contribution in [2.45, 2.75) is 32.2 Å². The van der Waals surface area contributed by atoms with E-state index >= 15 is 0 Å². The van der Waals surface area contributed by atoms with Crippen LogP contribution in [0.1, 0.15) is 36.0 Å². The second kappa shape index (κ2) is 7.57. The average Bonchev–Trinajstić information content (AvgIpc) is 3.02. The zero-order valence-electron chi connectivity index (χ0n) is 14.3. The molecule has 1 aromatic heterocycles. The first-order chi connectivity index (χ1) is 11.6. The van der Waals surface area contributed by atoms with Gasteiger partial charge in [-0.15, -0.1) is 0 Å². The molecule has 24 heavy (non-hydrogen) atoms.